The Kier molecular flexibility index (Phi) is 15.3. The van der Waals surface area contributed by atoms with E-state index in [-0.39, 0.29) is 67.3 Å². The Morgan fingerprint density at radius 3 is 2.37 bits per heavy atom. The zero-order chi connectivity index (χ0) is 45.4. The van der Waals surface area contributed by atoms with Crippen molar-refractivity contribution in [3.8, 4) is 0 Å². The first-order valence-electron chi connectivity index (χ1n) is 22.9. The van der Waals surface area contributed by atoms with Gasteiger partial charge in [-0.1, -0.05) is 57.2 Å². The standard InChI is InChI=1S/C48H71NO14/c1-25(2)43-27(4)17-18-47(63-43)23-34-20-33(62-47)16-15-26(3)36(14-12-11-13-32-24-56-45-42(51)28(5)19-35(46(52)59-34)48(32,45)53)60-39-22-38(55-10)44(30(7)58-39)61-40-21-37(54-9)41(29(6)57-40)49-31(8)50/h11-13,15,17-19,25,27,29-30,33-45,51,53H,14,16,20-24H2,1-10H3,(H,49,50)/b12-11-,26-15?,32-13-/t27-,29-,30-,33+,34+,35+,36+,37+,38-,39+,40-,41-,42+,43-,44+,45+,47-,48+/m0/s1. The lowest BCUT2D eigenvalue weighted by Gasteiger charge is -2.48. The van der Waals surface area contributed by atoms with Crippen LogP contribution in [0.15, 0.2) is 59.3 Å². The zero-order valence-corrected chi connectivity index (χ0v) is 38.6. The third-order valence-electron chi connectivity index (χ3n) is 14.0. The summed E-state index contributed by atoms with van der Waals surface area (Å²) in [4.78, 5) is 26.2. The number of hydrogen-bond acceptors (Lipinski definition) is 14. The number of hydrogen-bond donors (Lipinski definition) is 3. The van der Waals surface area contributed by atoms with Gasteiger partial charge in [-0.15, -0.1) is 0 Å². The predicted molar refractivity (Wildman–Crippen MR) is 230 cm³/mol. The van der Waals surface area contributed by atoms with Crippen LogP contribution in [0.1, 0.15) is 93.9 Å². The molecule has 4 saturated heterocycles. The number of methoxy groups -OCH3 is 2. The van der Waals surface area contributed by atoms with Crippen LogP contribution < -0.4 is 5.32 Å². The highest BCUT2D eigenvalue weighted by atomic mass is 16.7. The molecule has 2 bridgehead atoms. The Balaban J connectivity index is 1.14. The third-order valence-corrected chi connectivity index (χ3v) is 14.0. The van der Waals surface area contributed by atoms with Crippen molar-refractivity contribution in [1.29, 1.82) is 0 Å². The number of carbonyl (C=O) groups excluding carboxylic acids is 2. The van der Waals surface area contributed by atoms with Crippen molar-refractivity contribution < 1.29 is 67.2 Å². The second-order valence-electron chi connectivity index (χ2n) is 19.0. The fourth-order valence-electron chi connectivity index (χ4n) is 10.6. The van der Waals surface area contributed by atoms with Crippen LogP contribution in [0.5, 0.6) is 0 Å². The number of ether oxygens (including phenoxy) is 10. The van der Waals surface area contributed by atoms with Crippen LogP contribution in [0.4, 0.5) is 0 Å². The second-order valence-corrected chi connectivity index (χ2v) is 19.0. The summed E-state index contributed by atoms with van der Waals surface area (Å²) in [7, 11) is 3.26. The lowest BCUT2D eigenvalue weighted by molar-refractivity contribution is -0.310. The van der Waals surface area contributed by atoms with Crippen LogP contribution >= 0.6 is 0 Å². The van der Waals surface area contributed by atoms with E-state index in [1.807, 2.05) is 39.0 Å². The number of aliphatic hydroxyl groups is 2. The van der Waals surface area contributed by atoms with Gasteiger partial charge in [0, 0.05) is 52.7 Å². The summed E-state index contributed by atoms with van der Waals surface area (Å²) in [5.74, 6) is -2.59. The van der Waals surface area contributed by atoms with Gasteiger partial charge in [0.15, 0.2) is 18.4 Å². The highest BCUT2D eigenvalue weighted by Crippen LogP contribution is 2.47. The van der Waals surface area contributed by atoms with E-state index in [0.717, 1.165) is 5.57 Å². The first-order chi connectivity index (χ1) is 29.9. The second kappa shape index (κ2) is 20.0. The molecule has 15 heteroatoms. The maximum atomic E-state index is 14.3. The van der Waals surface area contributed by atoms with Crippen LogP contribution in [-0.4, -0.2) is 140 Å². The van der Waals surface area contributed by atoms with E-state index < -0.39 is 72.5 Å². The van der Waals surface area contributed by atoms with E-state index in [1.54, 1.807) is 33.3 Å². The molecule has 6 aliphatic heterocycles. The van der Waals surface area contributed by atoms with E-state index in [4.69, 9.17) is 47.4 Å². The Morgan fingerprint density at radius 1 is 0.937 bits per heavy atom. The molecule has 0 aromatic heterocycles. The van der Waals surface area contributed by atoms with Crippen molar-refractivity contribution >= 4 is 11.9 Å². The summed E-state index contributed by atoms with van der Waals surface area (Å²) in [6.45, 7) is 15.5. The Morgan fingerprint density at radius 2 is 1.65 bits per heavy atom. The molecule has 1 spiro atoms. The molecule has 3 N–H and O–H groups in total. The van der Waals surface area contributed by atoms with Crippen molar-refractivity contribution in [1.82, 2.24) is 5.32 Å². The number of amides is 1. The minimum atomic E-state index is -1.83. The Hall–Kier alpha value is -2.80. The monoisotopic (exact) mass is 885 g/mol. The maximum absolute atomic E-state index is 14.3. The first-order valence-corrected chi connectivity index (χ1v) is 22.9. The number of carbonyl (C=O) groups is 2. The Bertz CT molecular complexity index is 1790. The van der Waals surface area contributed by atoms with Gasteiger partial charge < -0.3 is 62.9 Å². The number of rotatable bonds is 8. The highest BCUT2D eigenvalue weighted by molar-refractivity contribution is 5.78. The van der Waals surface area contributed by atoms with E-state index in [2.05, 4.69) is 38.2 Å². The van der Waals surface area contributed by atoms with Gasteiger partial charge in [0.2, 0.25) is 5.91 Å². The SMILES string of the molecule is CO[C@H]1C[C@@H](O[C@@H]2C/C=C\C=C3\CO[C@@H]4[C@H](O)C(C)=C[C@H](C(=O)O[C@@H]5C[C@@H](CC=C2C)O[C@]2(C=C[C@H](C)[C@H](C(C)C)O2)C5)[C@]34O)O[C@@H](C)[C@H]1O[C@H]1C[C@@H](OC)[C@@H](NC(C)=O)[C@H](C)O1. The van der Waals surface area contributed by atoms with Crippen LogP contribution in [0.3, 0.4) is 0 Å². The highest BCUT2D eigenvalue weighted by Gasteiger charge is 2.60. The van der Waals surface area contributed by atoms with Crippen molar-refractivity contribution in [2.24, 2.45) is 17.8 Å². The lowest BCUT2D eigenvalue weighted by atomic mass is 9.71. The number of nitrogens with one attached hydrogen (secondary N) is 1. The number of aliphatic hydroxyl groups excluding tert-OH is 1. The van der Waals surface area contributed by atoms with Crippen molar-refractivity contribution in [2.75, 3.05) is 20.8 Å². The molecule has 7 rings (SSSR count). The van der Waals surface area contributed by atoms with Crippen LogP contribution in [0.2, 0.25) is 0 Å². The van der Waals surface area contributed by atoms with Gasteiger partial charge in [-0.3, -0.25) is 9.59 Å². The van der Waals surface area contributed by atoms with Crippen molar-refractivity contribution in [2.45, 2.75) is 191 Å². The molecule has 1 aliphatic carbocycles. The Labute approximate surface area is 372 Å². The molecule has 352 valence electrons. The molecule has 63 heavy (non-hydrogen) atoms. The quantitative estimate of drug-likeness (QED) is 0.222. The lowest BCUT2D eigenvalue weighted by Crippen LogP contribution is -2.58. The summed E-state index contributed by atoms with van der Waals surface area (Å²) in [6, 6.07) is -0.312. The third kappa shape index (κ3) is 10.3. The minimum absolute atomic E-state index is 0.0322. The van der Waals surface area contributed by atoms with E-state index in [0.29, 0.717) is 43.3 Å². The molecular weight excluding hydrogens is 815 g/mol. The molecule has 0 radical (unpaired) electrons. The largest absolute Gasteiger partial charge is 0.462 e. The first kappa shape index (κ1) is 48.1. The summed E-state index contributed by atoms with van der Waals surface area (Å²) in [5.41, 5.74) is 0.129. The van der Waals surface area contributed by atoms with E-state index in [9.17, 15) is 19.8 Å². The molecule has 15 nitrogen and oxygen atoms in total. The zero-order valence-electron chi connectivity index (χ0n) is 38.6. The van der Waals surface area contributed by atoms with Gasteiger partial charge in [0.1, 0.15) is 35.9 Å². The summed E-state index contributed by atoms with van der Waals surface area (Å²) in [6.07, 6.45) is 8.97. The summed E-state index contributed by atoms with van der Waals surface area (Å²) < 4.78 is 63.9. The maximum Gasteiger partial charge on any atom is 0.316 e. The average Bonchev–Trinajstić information content (AvgIpc) is 3.57. The van der Waals surface area contributed by atoms with Crippen molar-refractivity contribution in [3.05, 3.63) is 59.3 Å². The van der Waals surface area contributed by atoms with Gasteiger partial charge in [-0.2, -0.15) is 0 Å². The normalized spacial score (nSPS) is 46.0. The van der Waals surface area contributed by atoms with E-state index >= 15 is 0 Å². The molecular formula is C48H71NO14. The van der Waals surface area contributed by atoms with Crippen LogP contribution in [0.25, 0.3) is 0 Å². The average molecular weight is 886 g/mol. The fraction of sp³-hybridized carbons (Fsp3) is 0.750. The van der Waals surface area contributed by atoms with Crippen LogP contribution in [-0.2, 0) is 57.0 Å². The topological polar surface area (TPSA) is 179 Å². The van der Waals surface area contributed by atoms with Gasteiger partial charge >= 0.3 is 5.97 Å². The number of fused-ring (bicyclic) bond motifs is 2. The molecule has 6 heterocycles. The fourth-order valence-corrected chi connectivity index (χ4v) is 10.6. The van der Waals surface area contributed by atoms with Gasteiger partial charge in [0.05, 0.1) is 55.4 Å². The van der Waals surface area contributed by atoms with Gasteiger partial charge in [0.25, 0.3) is 0 Å². The van der Waals surface area contributed by atoms with Crippen LogP contribution in [0, 0.1) is 17.8 Å². The van der Waals surface area contributed by atoms with E-state index in [1.165, 1.54) is 6.92 Å². The molecule has 7 aliphatic rings. The summed E-state index contributed by atoms with van der Waals surface area (Å²) >= 11 is 0. The molecule has 0 aromatic rings. The number of allylic oxidation sites excluding steroid dienone is 2. The summed E-state index contributed by atoms with van der Waals surface area (Å²) in [5, 5.41) is 26.6. The molecule has 0 saturated carbocycles. The van der Waals surface area contributed by atoms with Gasteiger partial charge in [-0.25, -0.2) is 0 Å². The molecule has 18 atom stereocenters. The molecule has 0 unspecified atom stereocenters. The molecule has 1 amide bonds. The van der Waals surface area contributed by atoms with Gasteiger partial charge in [-0.05, 0) is 69.2 Å². The number of esters is 1. The predicted octanol–water partition coefficient (Wildman–Crippen LogP) is 4.89. The molecule has 4 fully saturated rings. The smallest absolute Gasteiger partial charge is 0.316 e. The van der Waals surface area contributed by atoms with Crippen molar-refractivity contribution in [3.63, 3.8) is 0 Å². The minimum Gasteiger partial charge on any atom is -0.462 e. The molecule has 0 aromatic carbocycles.